The van der Waals surface area contributed by atoms with E-state index in [1.165, 1.54) is 0 Å². The molecule has 1 heterocycles. The molecule has 5 heteroatoms. The first kappa shape index (κ1) is 13.5. The predicted molar refractivity (Wildman–Crippen MR) is 75.4 cm³/mol. The molecule has 0 saturated heterocycles. The molecule has 0 saturated carbocycles. The van der Waals surface area contributed by atoms with E-state index in [-0.39, 0.29) is 18.4 Å². The molecule has 102 valence electrons. The smallest absolute Gasteiger partial charge is 0.238 e. The van der Waals surface area contributed by atoms with Gasteiger partial charge in [-0.2, -0.15) is 0 Å². The van der Waals surface area contributed by atoms with E-state index in [9.17, 15) is 9.59 Å². The summed E-state index contributed by atoms with van der Waals surface area (Å²) in [7, 11) is 3.49. The van der Waals surface area contributed by atoms with E-state index in [0.29, 0.717) is 0 Å². The van der Waals surface area contributed by atoms with Crippen molar-refractivity contribution < 1.29 is 9.59 Å². The highest BCUT2D eigenvalue weighted by Crippen LogP contribution is 2.41. The van der Waals surface area contributed by atoms with Gasteiger partial charge in [0.25, 0.3) is 0 Å². The van der Waals surface area contributed by atoms with Crippen molar-refractivity contribution in [2.45, 2.75) is 19.3 Å². The molecule has 19 heavy (non-hydrogen) atoms. The molecule has 2 amide bonds. The van der Waals surface area contributed by atoms with Crippen LogP contribution in [-0.2, 0) is 15.0 Å². The Labute approximate surface area is 113 Å². The van der Waals surface area contributed by atoms with Crippen molar-refractivity contribution in [1.82, 2.24) is 5.32 Å². The van der Waals surface area contributed by atoms with Gasteiger partial charge < -0.3 is 15.5 Å². The van der Waals surface area contributed by atoms with E-state index in [1.54, 1.807) is 19.0 Å². The molecule has 0 spiro atoms. The molecule has 1 aromatic carbocycles. The molecule has 0 unspecified atom stereocenters. The predicted octanol–water partition coefficient (Wildman–Crippen LogP) is 1.10. The van der Waals surface area contributed by atoms with Gasteiger partial charge in [-0.15, -0.1) is 0 Å². The molecule has 0 atom stereocenters. The van der Waals surface area contributed by atoms with E-state index >= 15 is 0 Å². The van der Waals surface area contributed by atoms with Gasteiger partial charge in [-0.3, -0.25) is 9.59 Å². The number of hydrogen-bond acceptors (Lipinski definition) is 3. The van der Waals surface area contributed by atoms with Crippen molar-refractivity contribution in [2.75, 3.05) is 30.9 Å². The fraction of sp³-hybridized carbons (Fsp3) is 0.429. The molecule has 0 aromatic heterocycles. The minimum Gasteiger partial charge on any atom is -0.325 e. The molecule has 2 N–H and O–H groups in total. The van der Waals surface area contributed by atoms with Gasteiger partial charge in [0.15, 0.2) is 0 Å². The Balaban J connectivity index is 2.33. The average molecular weight is 261 g/mol. The third-order valence-electron chi connectivity index (χ3n) is 3.49. The summed E-state index contributed by atoms with van der Waals surface area (Å²) in [6, 6.07) is 5.57. The fourth-order valence-corrected chi connectivity index (χ4v) is 2.42. The summed E-state index contributed by atoms with van der Waals surface area (Å²) in [5.41, 5.74) is 2.02. The number of amides is 2. The first-order valence-electron chi connectivity index (χ1n) is 6.25. The van der Waals surface area contributed by atoms with Crippen LogP contribution in [0.2, 0.25) is 0 Å². The number of hydrogen-bond donors (Lipinski definition) is 2. The van der Waals surface area contributed by atoms with Gasteiger partial charge in [0.1, 0.15) is 0 Å². The first-order chi connectivity index (χ1) is 8.87. The Morgan fingerprint density at radius 3 is 2.68 bits per heavy atom. The van der Waals surface area contributed by atoms with Crippen molar-refractivity contribution >= 4 is 23.2 Å². The number of rotatable bonds is 3. The van der Waals surface area contributed by atoms with Crippen LogP contribution in [0.25, 0.3) is 0 Å². The SMILES string of the molecule is CNCC(=O)Nc1ccc2c(c1)C(C)(C)C(=O)N2C. The molecule has 1 aliphatic rings. The van der Waals surface area contributed by atoms with Crippen LogP contribution in [0.1, 0.15) is 19.4 Å². The standard InChI is InChI=1S/C14H19N3O2/c1-14(2)10-7-9(16-12(18)8-15-3)5-6-11(10)17(4)13(14)19/h5-7,15H,8H2,1-4H3,(H,16,18). The minimum absolute atomic E-state index is 0.0706. The third kappa shape index (κ3) is 2.21. The van der Waals surface area contributed by atoms with Gasteiger partial charge >= 0.3 is 0 Å². The monoisotopic (exact) mass is 261 g/mol. The summed E-state index contributed by atoms with van der Waals surface area (Å²) in [6.45, 7) is 4.06. The topological polar surface area (TPSA) is 61.4 Å². The summed E-state index contributed by atoms with van der Waals surface area (Å²) >= 11 is 0. The molecule has 0 aliphatic carbocycles. The maximum Gasteiger partial charge on any atom is 0.238 e. The maximum absolute atomic E-state index is 12.1. The quantitative estimate of drug-likeness (QED) is 0.856. The Morgan fingerprint density at radius 1 is 1.37 bits per heavy atom. The molecule has 2 rings (SSSR count). The van der Waals surface area contributed by atoms with Crippen LogP contribution in [0.3, 0.4) is 0 Å². The Morgan fingerprint density at radius 2 is 2.05 bits per heavy atom. The van der Waals surface area contributed by atoms with Crippen molar-refractivity contribution in [1.29, 1.82) is 0 Å². The number of carbonyl (C=O) groups is 2. The zero-order chi connectivity index (χ0) is 14.2. The van der Waals surface area contributed by atoms with Crippen LogP contribution < -0.4 is 15.5 Å². The second-order valence-corrected chi connectivity index (χ2v) is 5.30. The van der Waals surface area contributed by atoms with Gasteiger partial charge in [-0.05, 0) is 44.7 Å². The fourth-order valence-electron chi connectivity index (χ4n) is 2.42. The van der Waals surface area contributed by atoms with Gasteiger partial charge in [-0.25, -0.2) is 0 Å². The van der Waals surface area contributed by atoms with Crippen LogP contribution in [0, 0.1) is 0 Å². The lowest BCUT2D eigenvalue weighted by Gasteiger charge is -2.16. The van der Waals surface area contributed by atoms with Gasteiger partial charge in [0.05, 0.1) is 12.0 Å². The van der Waals surface area contributed by atoms with Crippen molar-refractivity contribution in [3.05, 3.63) is 23.8 Å². The second-order valence-electron chi connectivity index (χ2n) is 5.30. The number of carbonyl (C=O) groups excluding carboxylic acids is 2. The highest BCUT2D eigenvalue weighted by molar-refractivity contribution is 6.07. The molecule has 1 aliphatic heterocycles. The van der Waals surface area contributed by atoms with Gasteiger partial charge in [0, 0.05) is 18.4 Å². The van der Waals surface area contributed by atoms with E-state index in [0.717, 1.165) is 16.9 Å². The molecule has 0 radical (unpaired) electrons. The molecule has 0 fully saturated rings. The number of nitrogens with one attached hydrogen (secondary N) is 2. The lowest BCUT2D eigenvalue weighted by Crippen LogP contribution is -2.33. The summed E-state index contributed by atoms with van der Waals surface area (Å²) < 4.78 is 0. The molecule has 5 nitrogen and oxygen atoms in total. The Bertz CT molecular complexity index is 537. The first-order valence-corrected chi connectivity index (χ1v) is 6.25. The number of likely N-dealkylation sites (N-methyl/N-ethyl adjacent to an activating group) is 2. The van der Waals surface area contributed by atoms with Gasteiger partial charge in [-0.1, -0.05) is 0 Å². The lowest BCUT2D eigenvalue weighted by molar-refractivity contribution is -0.121. The number of nitrogens with zero attached hydrogens (tertiary/aromatic N) is 1. The largest absolute Gasteiger partial charge is 0.325 e. The van der Waals surface area contributed by atoms with Crippen LogP contribution in [0.5, 0.6) is 0 Å². The van der Waals surface area contributed by atoms with Crippen LogP contribution >= 0.6 is 0 Å². The summed E-state index contributed by atoms with van der Waals surface area (Å²) in [5, 5.41) is 5.60. The van der Waals surface area contributed by atoms with Crippen LogP contribution in [-0.4, -0.2) is 32.5 Å². The number of anilines is 2. The summed E-state index contributed by atoms with van der Waals surface area (Å²) in [4.78, 5) is 25.4. The number of fused-ring (bicyclic) bond motifs is 1. The normalized spacial score (nSPS) is 16.4. The lowest BCUT2D eigenvalue weighted by atomic mass is 9.86. The van der Waals surface area contributed by atoms with Crippen molar-refractivity contribution in [3.8, 4) is 0 Å². The molecule has 1 aromatic rings. The highest BCUT2D eigenvalue weighted by Gasteiger charge is 2.42. The highest BCUT2D eigenvalue weighted by atomic mass is 16.2. The zero-order valence-corrected chi connectivity index (χ0v) is 11.7. The van der Waals surface area contributed by atoms with Crippen LogP contribution in [0.15, 0.2) is 18.2 Å². The molecular formula is C14H19N3O2. The van der Waals surface area contributed by atoms with E-state index in [1.807, 2.05) is 32.0 Å². The summed E-state index contributed by atoms with van der Waals surface area (Å²) in [5.74, 6) is -0.0286. The zero-order valence-electron chi connectivity index (χ0n) is 11.7. The van der Waals surface area contributed by atoms with E-state index in [4.69, 9.17) is 0 Å². The maximum atomic E-state index is 12.1. The Hall–Kier alpha value is -1.88. The number of benzene rings is 1. The second kappa shape index (κ2) is 4.66. The average Bonchev–Trinajstić information content (AvgIpc) is 2.52. The van der Waals surface area contributed by atoms with Crippen molar-refractivity contribution in [2.24, 2.45) is 0 Å². The van der Waals surface area contributed by atoms with Gasteiger partial charge in [0.2, 0.25) is 11.8 Å². The molecule has 0 bridgehead atoms. The van der Waals surface area contributed by atoms with Crippen molar-refractivity contribution in [3.63, 3.8) is 0 Å². The third-order valence-corrected chi connectivity index (χ3v) is 3.49. The summed E-state index contributed by atoms with van der Waals surface area (Å²) in [6.07, 6.45) is 0. The van der Waals surface area contributed by atoms with E-state index in [2.05, 4.69) is 10.6 Å². The van der Waals surface area contributed by atoms with E-state index < -0.39 is 5.41 Å². The Kier molecular flexibility index (Phi) is 3.32. The minimum atomic E-state index is -0.548. The molecular weight excluding hydrogens is 242 g/mol. The van der Waals surface area contributed by atoms with Crippen LogP contribution in [0.4, 0.5) is 11.4 Å².